The minimum Gasteiger partial charge on any atom is -0.496 e. The molecule has 0 radical (unpaired) electrons. The molecule has 104 valence electrons. The van der Waals surface area contributed by atoms with Crippen molar-refractivity contribution in [2.75, 3.05) is 13.7 Å². The molecular weight excluding hydrogens is 306 g/mol. The smallest absolute Gasteiger partial charge is 0.255 e. The van der Waals surface area contributed by atoms with Crippen molar-refractivity contribution >= 4 is 21.8 Å². The van der Waals surface area contributed by atoms with Gasteiger partial charge in [0.05, 0.1) is 12.7 Å². The second-order valence-electron chi connectivity index (χ2n) is 5.03. The van der Waals surface area contributed by atoms with Crippen molar-refractivity contribution in [3.05, 3.63) is 29.8 Å². The number of rotatable bonds is 4. The summed E-state index contributed by atoms with van der Waals surface area (Å²) < 4.78 is 5.21. The van der Waals surface area contributed by atoms with E-state index in [1.54, 1.807) is 13.2 Å². The fourth-order valence-electron chi connectivity index (χ4n) is 2.49. The van der Waals surface area contributed by atoms with Crippen LogP contribution in [0.1, 0.15) is 36.0 Å². The number of halogens is 1. The van der Waals surface area contributed by atoms with Crippen LogP contribution in [0.25, 0.3) is 0 Å². The fourth-order valence-corrected chi connectivity index (χ4v) is 3.02. The molecule has 0 atom stereocenters. The van der Waals surface area contributed by atoms with Crippen molar-refractivity contribution in [3.63, 3.8) is 0 Å². The Morgan fingerprint density at radius 2 is 2.00 bits per heavy atom. The summed E-state index contributed by atoms with van der Waals surface area (Å²) >= 11 is 3.65. The highest BCUT2D eigenvalue weighted by Gasteiger charge is 2.20. The Labute approximate surface area is 122 Å². The molecule has 0 bridgehead atoms. The molecule has 0 aromatic heterocycles. The van der Waals surface area contributed by atoms with Crippen LogP contribution in [0, 0.1) is 5.92 Å². The Bertz CT molecular complexity index is 428. The zero-order chi connectivity index (χ0) is 13.7. The Morgan fingerprint density at radius 1 is 1.32 bits per heavy atom. The van der Waals surface area contributed by atoms with Gasteiger partial charge in [0.1, 0.15) is 5.75 Å². The second-order valence-corrected chi connectivity index (χ2v) is 6.32. The molecule has 2 rings (SSSR count). The average Bonchev–Trinajstić information content (AvgIpc) is 2.46. The summed E-state index contributed by atoms with van der Waals surface area (Å²) in [5.74, 6) is 1.19. The Hall–Kier alpha value is -1.03. The van der Waals surface area contributed by atoms with Crippen molar-refractivity contribution in [2.24, 2.45) is 5.92 Å². The number of alkyl halides is 1. The summed E-state index contributed by atoms with van der Waals surface area (Å²) in [6.07, 6.45) is 4.77. The number of ether oxygens (including phenoxy) is 1. The van der Waals surface area contributed by atoms with Crippen LogP contribution in [0.5, 0.6) is 5.75 Å². The number of benzene rings is 1. The van der Waals surface area contributed by atoms with Gasteiger partial charge in [0.25, 0.3) is 5.91 Å². The largest absolute Gasteiger partial charge is 0.496 e. The number of carbonyl (C=O) groups excluding carboxylic acids is 1. The molecule has 0 saturated heterocycles. The molecular formula is C15H20BrNO2. The summed E-state index contributed by atoms with van der Waals surface area (Å²) in [6, 6.07) is 7.33. The molecule has 1 fully saturated rings. The second kappa shape index (κ2) is 6.94. The molecule has 1 amide bonds. The maximum atomic E-state index is 12.1. The number of hydrogen-bond donors (Lipinski definition) is 1. The highest BCUT2D eigenvalue weighted by atomic mass is 79.9. The van der Waals surface area contributed by atoms with Gasteiger partial charge in [-0.05, 0) is 43.7 Å². The van der Waals surface area contributed by atoms with E-state index in [0.29, 0.717) is 22.1 Å². The first-order chi connectivity index (χ1) is 9.20. The molecule has 1 aromatic rings. The molecule has 0 unspecified atom stereocenters. The van der Waals surface area contributed by atoms with Gasteiger partial charge < -0.3 is 10.1 Å². The SMILES string of the molecule is COc1ccccc1C(=O)NCC1CCC(Br)CC1. The van der Waals surface area contributed by atoms with Gasteiger partial charge in [-0.2, -0.15) is 0 Å². The third-order valence-electron chi connectivity index (χ3n) is 3.68. The molecule has 1 aliphatic carbocycles. The number of carbonyl (C=O) groups is 1. The zero-order valence-electron chi connectivity index (χ0n) is 11.2. The predicted molar refractivity (Wildman–Crippen MR) is 80.0 cm³/mol. The van der Waals surface area contributed by atoms with Gasteiger partial charge >= 0.3 is 0 Å². The third-order valence-corrected chi connectivity index (χ3v) is 4.59. The Balaban J connectivity index is 1.87. The topological polar surface area (TPSA) is 38.3 Å². The predicted octanol–water partition coefficient (Wildman–Crippen LogP) is 3.38. The van der Waals surface area contributed by atoms with Gasteiger partial charge in [-0.3, -0.25) is 4.79 Å². The van der Waals surface area contributed by atoms with Crippen LogP contribution in [0.2, 0.25) is 0 Å². The molecule has 19 heavy (non-hydrogen) atoms. The summed E-state index contributed by atoms with van der Waals surface area (Å²) in [5, 5.41) is 3.02. The van der Waals surface area contributed by atoms with Crippen molar-refractivity contribution in [1.82, 2.24) is 5.32 Å². The van der Waals surface area contributed by atoms with Gasteiger partial charge in [0.15, 0.2) is 0 Å². The van der Waals surface area contributed by atoms with Crippen molar-refractivity contribution < 1.29 is 9.53 Å². The highest BCUT2D eigenvalue weighted by Crippen LogP contribution is 2.28. The monoisotopic (exact) mass is 325 g/mol. The lowest BCUT2D eigenvalue weighted by Crippen LogP contribution is -2.31. The van der Waals surface area contributed by atoms with Gasteiger partial charge in [-0.25, -0.2) is 0 Å². The minimum absolute atomic E-state index is 0.0431. The fraction of sp³-hybridized carbons (Fsp3) is 0.533. The first-order valence-electron chi connectivity index (χ1n) is 6.76. The molecule has 1 aromatic carbocycles. The molecule has 1 aliphatic rings. The zero-order valence-corrected chi connectivity index (χ0v) is 12.8. The van der Waals surface area contributed by atoms with Gasteiger partial charge in [0.2, 0.25) is 0 Å². The summed E-state index contributed by atoms with van der Waals surface area (Å²) in [6.45, 7) is 0.761. The molecule has 0 aliphatic heterocycles. The van der Waals surface area contributed by atoms with Crippen LogP contribution in [-0.2, 0) is 0 Å². The van der Waals surface area contributed by atoms with Crippen LogP contribution in [0.15, 0.2) is 24.3 Å². The highest BCUT2D eigenvalue weighted by molar-refractivity contribution is 9.09. The maximum absolute atomic E-state index is 12.1. The van der Waals surface area contributed by atoms with E-state index in [9.17, 15) is 4.79 Å². The normalized spacial score (nSPS) is 22.8. The minimum atomic E-state index is -0.0431. The molecule has 0 spiro atoms. The van der Waals surface area contributed by atoms with Crippen LogP contribution < -0.4 is 10.1 Å². The Kier molecular flexibility index (Phi) is 5.25. The van der Waals surface area contributed by atoms with Crippen molar-refractivity contribution in [3.8, 4) is 5.75 Å². The van der Waals surface area contributed by atoms with E-state index in [1.165, 1.54) is 25.7 Å². The Morgan fingerprint density at radius 3 is 2.68 bits per heavy atom. The van der Waals surface area contributed by atoms with Crippen LogP contribution in [-0.4, -0.2) is 24.4 Å². The van der Waals surface area contributed by atoms with Gasteiger partial charge in [-0.1, -0.05) is 28.1 Å². The van der Waals surface area contributed by atoms with Crippen molar-refractivity contribution in [1.29, 1.82) is 0 Å². The van der Waals surface area contributed by atoms with Gasteiger partial charge in [0, 0.05) is 11.4 Å². The summed E-state index contributed by atoms with van der Waals surface area (Å²) in [5.41, 5.74) is 0.610. The average molecular weight is 326 g/mol. The first kappa shape index (κ1) is 14.4. The first-order valence-corrected chi connectivity index (χ1v) is 7.67. The van der Waals surface area contributed by atoms with E-state index in [2.05, 4.69) is 21.2 Å². The van der Waals surface area contributed by atoms with E-state index in [1.807, 2.05) is 18.2 Å². The van der Waals surface area contributed by atoms with E-state index in [4.69, 9.17) is 4.74 Å². The van der Waals surface area contributed by atoms with Crippen molar-refractivity contribution in [2.45, 2.75) is 30.5 Å². The van der Waals surface area contributed by atoms with Crippen LogP contribution in [0.4, 0.5) is 0 Å². The molecule has 1 saturated carbocycles. The molecule has 1 N–H and O–H groups in total. The van der Waals surface area contributed by atoms with Gasteiger partial charge in [-0.15, -0.1) is 0 Å². The number of nitrogens with one attached hydrogen (secondary N) is 1. The summed E-state index contributed by atoms with van der Waals surface area (Å²) in [4.78, 5) is 12.8. The van der Waals surface area contributed by atoms with Crippen LogP contribution in [0.3, 0.4) is 0 Å². The van der Waals surface area contributed by atoms with E-state index >= 15 is 0 Å². The standard InChI is InChI=1S/C15H20BrNO2/c1-19-14-5-3-2-4-13(14)15(18)17-10-11-6-8-12(16)9-7-11/h2-5,11-12H,6-10H2,1H3,(H,17,18). The molecule has 0 heterocycles. The lowest BCUT2D eigenvalue weighted by atomic mass is 9.89. The number of amides is 1. The van der Waals surface area contributed by atoms with E-state index < -0.39 is 0 Å². The number of hydrogen-bond acceptors (Lipinski definition) is 2. The van der Waals surface area contributed by atoms with E-state index in [0.717, 1.165) is 6.54 Å². The molecule has 4 heteroatoms. The number of para-hydroxylation sites is 1. The lowest BCUT2D eigenvalue weighted by molar-refractivity contribution is 0.0941. The maximum Gasteiger partial charge on any atom is 0.255 e. The third kappa shape index (κ3) is 3.96. The number of methoxy groups -OCH3 is 1. The molecule has 3 nitrogen and oxygen atoms in total. The lowest BCUT2D eigenvalue weighted by Gasteiger charge is -2.25. The quantitative estimate of drug-likeness (QED) is 0.862. The summed E-state index contributed by atoms with van der Waals surface area (Å²) in [7, 11) is 1.59. The van der Waals surface area contributed by atoms with E-state index in [-0.39, 0.29) is 5.91 Å². The van der Waals surface area contributed by atoms with Crippen LogP contribution >= 0.6 is 15.9 Å².